The van der Waals surface area contributed by atoms with E-state index in [4.69, 9.17) is 10.5 Å². The summed E-state index contributed by atoms with van der Waals surface area (Å²) < 4.78 is 7.54. The lowest BCUT2D eigenvalue weighted by atomic mass is 10.0. The standard InChI is InChI=1S/C13H18Br2N2O/c14-9-7-11(15)13(17-8-9)12(16)5-1-3-10-4-2-6-18-10/h7-8,10,12H,1-6,16H2. The molecule has 1 aromatic heterocycles. The number of ether oxygens (including phenoxy) is 1. The summed E-state index contributed by atoms with van der Waals surface area (Å²) in [5.74, 6) is 0. The molecular weight excluding hydrogens is 360 g/mol. The van der Waals surface area contributed by atoms with E-state index in [2.05, 4.69) is 36.8 Å². The zero-order valence-corrected chi connectivity index (χ0v) is 13.4. The number of hydrogen-bond acceptors (Lipinski definition) is 3. The van der Waals surface area contributed by atoms with Crippen LogP contribution in [0.25, 0.3) is 0 Å². The summed E-state index contributed by atoms with van der Waals surface area (Å²) in [6, 6.07) is 1.98. The lowest BCUT2D eigenvalue weighted by molar-refractivity contribution is 0.101. The summed E-state index contributed by atoms with van der Waals surface area (Å²) in [5.41, 5.74) is 7.12. The van der Waals surface area contributed by atoms with Crippen molar-refractivity contribution in [3.63, 3.8) is 0 Å². The van der Waals surface area contributed by atoms with Crippen LogP contribution in [0.3, 0.4) is 0 Å². The van der Waals surface area contributed by atoms with E-state index in [-0.39, 0.29) is 6.04 Å². The van der Waals surface area contributed by atoms with Gasteiger partial charge in [-0.05, 0) is 70.0 Å². The van der Waals surface area contributed by atoms with E-state index in [1.165, 1.54) is 12.8 Å². The summed E-state index contributed by atoms with van der Waals surface area (Å²) >= 11 is 6.90. The number of nitrogens with two attached hydrogens (primary N) is 1. The smallest absolute Gasteiger partial charge is 0.0713 e. The number of halogens is 2. The minimum atomic E-state index is -0.00567. The van der Waals surface area contributed by atoms with Gasteiger partial charge in [-0.3, -0.25) is 4.98 Å². The predicted molar refractivity (Wildman–Crippen MR) is 79.4 cm³/mol. The molecule has 2 N–H and O–H groups in total. The lowest BCUT2D eigenvalue weighted by Crippen LogP contribution is -2.14. The first-order chi connectivity index (χ1) is 8.66. The summed E-state index contributed by atoms with van der Waals surface area (Å²) in [4.78, 5) is 4.38. The molecule has 1 aliphatic rings. The Hall–Kier alpha value is 0.0300. The third kappa shape index (κ3) is 4.02. The summed E-state index contributed by atoms with van der Waals surface area (Å²) in [5, 5.41) is 0. The van der Waals surface area contributed by atoms with E-state index >= 15 is 0 Å². The minimum absolute atomic E-state index is 0.00567. The topological polar surface area (TPSA) is 48.1 Å². The molecule has 100 valence electrons. The normalized spacial score (nSPS) is 21.2. The van der Waals surface area contributed by atoms with E-state index in [0.717, 1.165) is 40.5 Å². The molecule has 1 saturated heterocycles. The number of nitrogens with zero attached hydrogens (tertiary/aromatic N) is 1. The van der Waals surface area contributed by atoms with Gasteiger partial charge in [-0.25, -0.2) is 0 Å². The molecular formula is C13H18Br2N2O. The van der Waals surface area contributed by atoms with Crippen LogP contribution in [0, 0.1) is 0 Å². The number of rotatable bonds is 5. The van der Waals surface area contributed by atoms with Crippen molar-refractivity contribution in [3.8, 4) is 0 Å². The molecule has 0 saturated carbocycles. The fraction of sp³-hybridized carbons (Fsp3) is 0.615. The van der Waals surface area contributed by atoms with Crippen LogP contribution < -0.4 is 5.73 Å². The van der Waals surface area contributed by atoms with E-state index in [1.807, 2.05) is 6.07 Å². The molecule has 1 fully saturated rings. The van der Waals surface area contributed by atoms with Gasteiger partial charge in [0.2, 0.25) is 0 Å². The van der Waals surface area contributed by atoms with E-state index in [1.54, 1.807) is 6.20 Å². The van der Waals surface area contributed by atoms with Crippen LogP contribution in [0.5, 0.6) is 0 Å². The Morgan fingerprint density at radius 3 is 3.00 bits per heavy atom. The fourth-order valence-electron chi connectivity index (χ4n) is 2.27. The zero-order chi connectivity index (χ0) is 13.0. The number of pyridine rings is 1. The Morgan fingerprint density at radius 1 is 1.50 bits per heavy atom. The van der Waals surface area contributed by atoms with Gasteiger partial charge in [0.25, 0.3) is 0 Å². The summed E-state index contributed by atoms with van der Waals surface area (Å²) in [6.45, 7) is 0.927. The lowest BCUT2D eigenvalue weighted by Gasteiger charge is -2.14. The predicted octanol–water partition coefficient (Wildman–Crippen LogP) is 3.96. The SMILES string of the molecule is NC(CCCC1CCCO1)c1ncc(Br)cc1Br. The zero-order valence-electron chi connectivity index (χ0n) is 10.2. The van der Waals surface area contributed by atoms with Gasteiger partial charge in [0.1, 0.15) is 0 Å². The molecule has 1 aliphatic heterocycles. The monoisotopic (exact) mass is 376 g/mol. The van der Waals surface area contributed by atoms with Gasteiger partial charge in [-0.2, -0.15) is 0 Å². The number of aromatic nitrogens is 1. The molecule has 18 heavy (non-hydrogen) atoms. The van der Waals surface area contributed by atoms with Gasteiger partial charge in [-0.15, -0.1) is 0 Å². The summed E-state index contributed by atoms with van der Waals surface area (Å²) in [7, 11) is 0. The molecule has 0 aromatic carbocycles. The van der Waals surface area contributed by atoms with Gasteiger partial charge in [-0.1, -0.05) is 0 Å². The van der Waals surface area contributed by atoms with E-state index < -0.39 is 0 Å². The highest BCUT2D eigenvalue weighted by molar-refractivity contribution is 9.11. The quantitative estimate of drug-likeness (QED) is 0.844. The molecule has 0 radical (unpaired) electrons. The molecule has 0 aliphatic carbocycles. The average Bonchev–Trinajstić information content (AvgIpc) is 2.81. The van der Waals surface area contributed by atoms with Crippen molar-refractivity contribution >= 4 is 31.9 Å². The molecule has 0 bridgehead atoms. The molecule has 2 unspecified atom stereocenters. The first-order valence-electron chi connectivity index (χ1n) is 6.35. The van der Waals surface area contributed by atoms with Crippen molar-refractivity contribution in [1.29, 1.82) is 0 Å². The maximum atomic E-state index is 6.18. The van der Waals surface area contributed by atoms with Gasteiger partial charge in [0, 0.05) is 27.8 Å². The van der Waals surface area contributed by atoms with Crippen LogP contribution in [-0.2, 0) is 4.74 Å². The van der Waals surface area contributed by atoms with Gasteiger partial charge >= 0.3 is 0 Å². The maximum absolute atomic E-state index is 6.18. The van der Waals surface area contributed by atoms with Crippen LogP contribution in [0.4, 0.5) is 0 Å². The van der Waals surface area contributed by atoms with Crippen molar-refractivity contribution in [1.82, 2.24) is 4.98 Å². The highest BCUT2D eigenvalue weighted by Crippen LogP contribution is 2.27. The van der Waals surface area contributed by atoms with Crippen LogP contribution in [0.2, 0.25) is 0 Å². The van der Waals surface area contributed by atoms with Gasteiger partial charge in [0.15, 0.2) is 0 Å². The molecule has 2 atom stereocenters. The third-order valence-corrected chi connectivity index (χ3v) is 4.32. The van der Waals surface area contributed by atoms with Crippen molar-refractivity contribution in [3.05, 3.63) is 26.9 Å². The third-order valence-electron chi connectivity index (χ3n) is 3.25. The largest absolute Gasteiger partial charge is 0.378 e. The van der Waals surface area contributed by atoms with Crippen LogP contribution in [-0.4, -0.2) is 17.7 Å². The minimum Gasteiger partial charge on any atom is -0.378 e. The fourth-order valence-corrected chi connectivity index (χ4v) is 3.55. The summed E-state index contributed by atoms with van der Waals surface area (Å²) in [6.07, 6.45) is 7.82. The Labute approximate surface area is 125 Å². The Balaban J connectivity index is 1.81. The van der Waals surface area contributed by atoms with E-state index in [9.17, 15) is 0 Å². The molecule has 0 amide bonds. The van der Waals surface area contributed by atoms with Crippen LogP contribution >= 0.6 is 31.9 Å². The first kappa shape index (κ1) is 14.4. The second-order valence-corrected chi connectivity index (χ2v) is 6.46. The van der Waals surface area contributed by atoms with Crippen molar-refractivity contribution in [2.75, 3.05) is 6.61 Å². The van der Waals surface area contributed by atoms with Gasteiger partial charge in [0.05, 0.1) is 11.8 Å². The van der Waals surface area contributed by atoms with Crippen LogP contribution in [0.15, 0.2) is 21.2 Å². The van der Waals surface area contributed by atoms with Crippen LogP contribution in [0.1, 0.15) is 43.8 Å². The Bertz CT molecular complexity index is 395. The van der Waals surface area contributed by atoms with Crippen molar-refractivity contribution in [2.24, 2.45) is 5.73 Å². The Kier molecular flexibility index (Phi) is 5.60. The second-order valence-electron chi connectivity index (χ2n) is 4.69. The molecule has 0 spiro atoms. The Morgan fingerprint density at radius 2 is 2.33 bits per heavy atom. The van der Waals surface area contributed by atoms with Crippen molar-refractivity contribution < 1.29 is 4.74 Å². The van der Waals surface area contributed by atoms with Crippen molar-refractivity contribution in [2.45, 2.75) is 44.2 Å². The maximum Gasteiger partial charge on any atom is 0.0713 e. The molecule has 2 heterocycles. The molecule has 5 heteroatoms. The highest BCUT2D eigenvalue weighted by Gasteiger charge is 2.17. The van der Waals surface area contributed by atoms with E-state index in [0.29, 0.717) is 6.10 Å². The highest BCUT2D eigenvalue weighted by atomic mass is 79.9. The molecule has 1 aromatic rings. The number of hydrogen-bond donors (Lipinski definition) is 1. The second kappa shape index (κ2) is 6.98. The average molecular weight is 378 g/mol. The first-order valence-corrected chi connectivity index (χ1v) is 7.93. The molecule has 2 rings (SSSR count). The van der Waals surface area contributed by atoms with Gasteiger partial charge < -0.3 is 10.5 Å². The molecule has 3 nitrogen and oxygen atoms in total.